The van der Waals surface area contributed by atoms with E-state index in [1.165, 1.54) is 12.1 Å². The van der Waals surface area contributed by atoms with Crippen LogP contribution in [0.4, 0.5) is 41.9 Å². The van der Waals surface area contributed by atoms with Crippen LogP contribution in [0.2, 0.25) is 0 Å². The fraction of sp³-hybridized carbons (Fsp3) is 0.158. The first-order chi connectivity index (χ1) is 13.8. The van der Waals surface area contributed by atoms with Crippen molar-refractivity contribution in [2.24, 2.45) is 0 Å². The minimum atomic E-state index is -4.53. The second-order valence-corrected chi connectivity index (χ2v) is 5.93. The van der Waals surface area contributed by atoms with Gasteiger partial charge in [0, 0.05) is 17.9 Å². The third-order valence-corrected chi connectivity index (χ3v) is 4.08. The van der Waals surface area contributed by atoms with Crippen molar-refractivity contribution in [1.29, 1.82) is 0 Å². The Labute approximate surface area is 164 Å². The molecule has 150 valence electrons. The van der Waals surface area contributed by atoms with Crippen molar-refractivity contribution < 1.29 is 18.1 Å². The molecule has 0 aliphatic heterocycles. The largest absolute Gasteiger partial charge is 0.416 e. The molecule has 2 aromatic carbocycles. The predicted molar refractivity (Wildman–Crippen MR) is 103 cm³/mol. The lowest BCUT2D eigenvalue weighted by Gasteiger charge is -2.22. The molecule has 1 aromatic heterocycles. The van der Waals surface area contributed by atoms with Gasteiger partial charge in [0.15, 0.2) is 0 Å². The van der Waals surface area contributed by atoms with Crippen LogP contribution in [0.3, 0.4) is 0 Å². The highest BCUT2D eigenvalue weighted by Gasteiger charge is 2.31. The lowest BCUT2D eigenvalue weighted by Crippen LogP contribution is -2.19. The zero-order valence-electron chi connectivity index (χ0n) is 15.2. The second kappa shape index (κ2) is 8.13. The predicted octanol–water partition coefficient (Wildman–Crippen LogP) is 5.31. The number of rotatable bonds is 6. The molecule has 0 unspecified atom stereocenters. The Bertz CT molecular complexity index is 1010. The monoisotopic (exact) mass is 403 g/mol. The SMILES string of the molecule is CCN(c1ccccc1)c1ncnc(Nc2cccc(C(F)(F)F)c2)c1[N+](=O)[O-]. The minimum absolute atomic E-state index is 0.0235. The molecular weight excluding hydrogens is 387 g/mol. The number of nitro groups is 1. The van der Waals surface area contributed by atoms with E-state index in [1.807, 2.05) is 6.07 Å². The van der Waals surface area contributed by atoms with Gasteiger partial charge in [0.2, 0.25) is 11.6 Å². The zero-order chi connectivity index (χ0) is 21.0. The van der Waals surface area contributed by atoms with E-state index < -0.39 is 22.4 Å². The van der Waals surface area contributed by atoms with E-state index in [9.17, 15) is 23.3 Å². The Morgan fingerprint density at radius 3 is 2.45 bits per heavy atom. The summed E-state index contributed by atoms with van der Waals surface area (Å²) < 4.78 is 38.8. The van der Waals surface area contributed by atoms with Gasteiger partial charge in [0.05, 0.1) is 10.5 Å². The number of aromatic nitrogens is 2. The highest BCUT2D eigenvalue weighted by atomic mass is 19.4. The average molecular weight is 403 g/mol. The Morgan fingerprint density at radius 2 is 1.83 bits per heavy atom. The van der Waals surface area contributed by atoms with Gasteiger partial charge in [-0.15, -0.1) is 0 Å². The Balaban J connectivity index is 2.05. The average Bonchev–Trinajstić information content (AvgIpc) is 2.69. The van der Waals surface area contributed by atoms with Gasteiger partial charge in [-0.25, -0.2) is 9.97 Å². The van der Waals surface area contributed by atoms with Crippen molar-refractivity contribution in [2.45, 2.75) is 13.1 Å². The van der Waals surface area contributed by atoms with Crippen LogP contribution in [0.1, 0.15) is 12.5 Å². The van der Waals surface area contributed by atoms with Crippen LogP contribution < -0.4 is 10.2 Å². The van der Waals surface area contributed by atoms with Gasteiger partial charge in [-0.05, 0) is 37.3 Å². The molecule has 0 aliphatic rings. The summed E-state index contributed by atoms with van der Waals surface area (Å²) in [5.74, 6) is -0.165. The molecule has 0 atom stereocenters. The molecule has 0 fully saturated rings. The van der Waals surface area contributed by atoms with Crippen molar-refractivity contribution in [2.75, 3.05) is 16.8 Å². The smallest absolute Gasteiger partial charge is 0.334 e. The number of alkyl halides is 3. The fourth-order valence-corrected chi connectivity index (χ4v) is 2.80. The summed E-state index contributed by atoms with van der Waals surface area (Å²) in [7, 11) is 0. The van der Waals surface area contributed by atoms with Crippen molar-refractivity contribution in [3.8, 4) is 0 Å². The number of anilines is 4. The summed E-state index contributed by atoms with van der Waals surface area (Å²) in [5.41, 5.74) is -0.605. The van der Waals surface area contributed by atoms with Gasteiger partial charge >= 0.3 is 11.9 Å². The van der Waals surface area contributed by atoms with Gasteiger partial charge in [-0.2, -0.15) is 13.2 Å². The van der Waals surface area contributed by atoms with Crippen LogP contribution in [0.25, 0.3) is 0 Å². The van der Waals surface area contributed by atoms with Crippen LogP contribution in [-0.4, -0.2) is 21.4 Å². The van der Waals surface area contributed by atoms with Crippen molar-refractivity contribution >= 4 is 28.7 Å². The van der Waals surface area contributed by atoms with Crippen molar-refractivity contribution in [1.82, 2.24) is 9.97 Å². The Morgan fingerprint density at radius 1 is 1.10 bits per heavy atom. The summed E-state index contributed by atoms with van der Waals surface area (Å²) in [6.07, 6.45) is -3.41. The Kier molecular flexibility index (Phi) is 5.62. The number of para-hydroxylation sites is 1. The summed E-state index contributed by atoms with van der Waals surface area (Å²) in [6, 6.07) is 13.3. The van der Waals surface area contributed by atoms with Crippen molar-refractivity contribution in [3.63, 3.8) is 0 Å². The third kappa shape index (κ3) is 4.42. The first-order valence-corrected chi connectivity index (χ1v) is 8.57. The molecule has 10 heteroatoms. The van der Waals surface area contributed by atoms with Gasteiger partial charge in [0.25, 0.3) is 0 Å². The maximum atomic E-state index is 12.9. The molecule has 0 amide bonds. The Hall–Kier alpha value is -3.69. The molecule has 0 bridgehead atoms. The van der Waals surface area contributed by atoms with Crippen LogP contribution >= 0.6 is 0 Å². The number of halogens is 3. The molecule has 0 saturated heterocycles. The number of hydrogen-bond donors (Lipinski definition) is 1. The van der Waals surface area contributed by atoms with Crippen LogP contribution in [0.5, 0.6) is 0 Å². The van der Waals surface area contributed by atoms with E-state index in [-0.39, 0.29) is 17.3 Å². The van der Waals surface area contributed by atoms with Crippen molar-refractivity contribution in [3.05, 3.63) is 76.6 Å². The maximum Gasteiger partial charge on any atom is 0.416 e. The number of nitrogens with zero attached hydrogens (tertiary/aromatic N) is 4. The van der Waals surface area contributed by atoms with Crippen LogP contribution in [-0.2, 0) is 6.18 Å². The van der Waals surface area contributed by atoms with E-state index in [0.717, 1.165) is 18.5 Å². The highest BCUT2D eigenvalue weighted by molar-refractivity contribution is 5.78. The van der Waals surface area contributed by atoms with Crippen LogP contribution in [0, 0.1) is 10.1 Å². The number of hydrogen-bond acceptors (Lipinski definition) is 6. The summed E-state index contributed by atoms with van der Waals surface area (Å²) in [5, 5.41) is 14.4. The van der Waals surface area contributed by atoms with E-state index >= 15 is 0 Å². The summed E-state index contributed by atoms with van der Waals surface area (Å²) >= 11 is 0. The lowest BCUT2D eigenvalue weighted by atomic mass is 10.2. The molecule has 1 heterocycles. The normalized spacial score (nSPS) is 11.2. The topological polar surface area (TPSA) is 84.2 Å². The molecule has 0 saturated carbocycles. The molecule has 1 N–H and O–H groups in total. The summed E-state index contributed by atoms with van der Waals surface area (Å²) in [4.78, 5) is 20.7. The maximum absolute atomic E-state index is 12.9. The molecule has 0 spiro atoms. The van der Waals surface area contributed by atoms with Gasteiger partial charge in [-0.1, -0.05) is 24.3 Å². The third-order valence-electron chi connectivity index (χ3n) is 4.08. The lowest BCUT2D eigenvalue weighted by molar-refractivity contribution is -0.383. The molecule has 3 rings (SSSR count). The van der Waals surface area contributed by atoms with E-state index in [2.05, 4.69) is 15.3 Å². The highest BCUT2D eigenvalue weighted by Crippen LogP contribution is 2.37. The number of nitrogens with one attached hydrogen (secondary N) is 1. The van der Waals surface area contributed by atoms with Crippen LogP contribution in [0.15, 0.2) is 60.9 Å². The van der Waals surface area contributed by atoms with Gasteiger partial charge < -0.3 is 10.2 Å². The van der Waals surface area contributed by atoms with Gasteiger partial charge in [0.1, 0.15) is 6.33 Å². The quantitative estimate of drug-likeness (QED) is 0.444. The van der Waals surface area contributed by atoms with E-state index in [1.54, 1.807) is 36.1 Å². The zero-order valence-corrected chi connectivity index (χ0v) is 15.2. The minimum Gasteiger partial charge on any atom is -0.334 e. The van der Waals surface area contributed by atoms with E-state index in [4.69, 9.17) is 0 Å². The molecule has 0 aliphatic carbocycles. The second-order valence-electron chi connectivity index (χ2n) is 5.93. The molecular formula is C19H16F3N5O2. The standard InChI is InChI=1S/C19H16F3N5O2/c1-2-26(15-9-4-3-5-10-15)18-16(27(28)29)17(23-12-24-18)25-14-8-6-7-13(11-14)19(20,21)22/h3-12H,2H2,1H3,(H,23,24,25). The van der Waals surface area contributed by atoms with Gasteiger partial charge in [-0.3, -0.25) is 10.1 Å². The molecule has 7 nitrogen and oxygen atoms in total. The fourth-order valence-electron chi connectivity index (χ4n) is 2.80. The number of benzene rings is 2. The van der Waals surface area contributed by atoms with E-state index in [0.29, 0.717) is 12.2 Å². The first kappa shape index (κ1) is 20.1. The summed E-state index contributed by atoms with van der Waals surface area (Å²) in [6.45, 7) is 2.18. The molecule has 0 radical (unpaired) electrons. The molecule has 29 heavy (non-hydrogen) atoms. The first-order valence-electron chi connectivity index (χ1n) is 8.57. The molecule has 3 aromatic rings.